The van der Waals surface area contributed by atoms with Crippen LogP contribution in [0.4, 0.5) is 0 Å². The second-order valence-corrected chi connectivity index (χ2v) is 12.5. The summed E-state index contributed by atoms with van der Waals surface area (Å²) in [4.78, 5) is 0. The van der Waals surface area contributed by atoms with Crippen LogP contribution in [0.1, 0.15) is 0 Å². The van der Waals surface area contributed by atoms with Gasteiger partial charge >= 0.3 is 0 Å². The lowest BCUT2D eigenvalue weighted by Gasteiger charge is -2.11. The Bertz CT molecular complexity index is 2460. The molecule has 2 heteroatoms. The van der Waals surface area contributed by atoms with Crippen LogP contribution in [-0.2, 0) is 0 Å². The Labute approximate surface area is 259 Å². The fourth-order valence-corrected chi connectivity index (χ4v) is 7.77. The van der Waals surface area contributed by atoms with E-state index in [1.165, 1.54) is 81.0 Å². The monoisotopic (exact) mass is 577 g/mol. The SMILES string of the molecule is c1ccc(-c2ccc3c4ccccc4n(-c4ccc(-c5ccc(-c6ccc7c(c6)sc6ccccc67)cc5)cc4)c3c2)cc1. The van der Waals surface area contributed by atoms with E-state index in [-0.39, 0.29) is 0 Å². The average molecular weight is 578 g/mol. The normalized spacial score (nSPS) is 11.6. The van der Waals surface area contributed by atoms with Crippen molar-refractivity contribution < 1.29 is 0 Å². The second kappa shape index (κ2) is 10.1. The molecule has 0 spiro atoms. The van der Waals surface area contributed by atoms with Crippen molar-refractivity contribution in [3.8, 4) is 39.1 Å². The van der Waals surface area contributed by atoms with Gasteiger partial charge in [-0.3, -0.25) is 0 Å². The zero-order chi connectivity index (χ0) is 29.0. The van der Waals surface area contributed by atoms with Gasteiger partial charge in [-0.15, -0.1) is 11.3 Å². The van der Waals surface area contributed by atoms with E-state index in [9.17, 15) is 0 Å². The first-order valence-electron chi connectivity index (χ1n) is 15.0. The van der Waals surface area contributed by atoms with Gasteiger partial charge in [-0.05, 0) is 69.8 Å². The molecule has 0 atom stereocenters. The highest BCUT2D eigenvalue weighted by Gasteiger charge is 2.14. The maximum atomic E-state index is 2.40. The smallest absolute Gasteiger partial charge is 0.0547 e. The number of hydrogen-bond acceptors (Lipinski definition) is 1. The topological polar surface area (TPSA) is 4.93 Å². The molecule has 0 radical (unpaired) electrons. The number of benzene rings is 7. The molecular formula is C42H27NS. The number of rotatable bonds is 4. The highest BCUT2D eigenvalue weighted by Crippen LogP contribution is 2.38. The molecule has 0 saturated carbocycles. The van der Waals surface area contributed by atoms with E-state index in [0.717, 1.165) is 0 Å². The Hall–Kier alpha value is -5.44. The molecule has 9 aromatic rings. The third-order valence-corrected chi connectivity index (χ3v) is 9.97. The van der Waals surface area contributed by atoms with Crippen molar-refractivity contribution in [3.63, 3.8) is 0 Å². The summed E-state index contributed by atoms with van der Waals surface area (Å²) in [5.41, 5.74) is 11.0. The molecule has 7 aromatic carbocycles. The molecule has 2 aromatic heterocycles. The van der Waals surface area contributed by atoms with E-state index >= 15 is 0 Å². The Morgan fingerprint density at radius 3 is 1.59 bits per heavy atom. The van der Waals surface area contributed by atoms with E-state index in [0.29, 0.717) is 0 Å². The first-order valence-corrected chi connectivity index (χ1v) is 15.8. The maximum absolute atomic E-state index is 2.40. The Balaban J connectivity index is 1.07. The Morgan fingerprint density at radius 2 is 0.818 bits per heavy atom. The predicted molar refractivity (Wildman–Crippen MR) is 190 cm³/mol. The highest BCUT2D eigenvalue weighted by atomic mass is 32.1. The molecule has 0 aliphatic carbocycles. The molecule has 0 N–H and O–H groups in total. The van der Waals surface area contributed by atoms with Gasteiger partial charge in [-0.25, -0.2) is 0 Å². The van der Waals surface area contributed by atoms with Gasteiger partial charge in [-0.2, -0.15) is 0 Å². The summed E-state index contributed by atoms with van der Waals surface area (Å²) in [5.74, 6) is 0. The van der Waals surface area contributed by atoms with Crippen LogP contribution in [-0.4, -0.2) is 4.57 Å². The van der Waals surface area contributed by atoms with Gasteiger partial charge in [0.1, 0.15) is 0 Å². The zero-order valence-corrected chi connectivity index (χ0v) is 24.8. The summed E-state index contributed by atoms with van der Waals surface area (Å²) in [7, 11) is 0. The molecule has 44 heavy (non-hydrogen) atoms. The van der Waals surface area contributed by atoms with Crippen LogP contribution in [0.2, 0.25) is 0 Å². The van der Waals surface area contributed by atoms with E-state index < -0.39 is 0 Å². The third kappa shape index (κ3) is 4.07. The van der Waals surface area contributed by atoms with Crippen molar-refractivity contribution in [2.75, 3.05) is 0 Å². The summed E-state index contributed by atoms with van der Waals surface area (Å²) in [5, 5.41) is 5.23. The number of aromatic nitrogens is 1. The fourth-order valence-electron chi connectivity index (χ4n) is 6.62. The van der Waals surface area contributed by atoms with Gasteiger partial charge < -0.3 is 4.57 Å². The number of para-hydroxylation sites is 1. The molecule has 0 aliphatic heterocycles. The van der Waals surface area contributed by atoms with Crippen molar-refractivity contribution in [1.82, 2.24) is 4.57 Å². The summed E-state index contributed by atoms with van der Waals surface area (Å²) in [6.45, 7) is 0. The minimum absolute atomic E-state index is 1.17. The zero-order valence-electron chi connectivity index (χ0n) is 23.9. The average Bonchev–Trinajstić information content (AvgIpc) is 3.64. The fraction of sp³-hybridized carbons (Fsp3) is 0. The largest absolute Gasteiger partial charge is 0.309 e. The van der Waals surface area contributed by atoms with E-state index in [4.69, 9.17) is 0 Å². The molecule has 206 valence electrons. The van der Waals surface area contributed by atoms with Gasteiger partial charge in [0.15, 0.2) is 0 Å². The van der Waals surface area contributed by atoms with E-state index in [2.05, 4.69) is 168 Å². The summed E-state index contributed by atoms with van der Waals surface area (Å²) >= 11 is 1.87. The van der Waals surface area contributed by atoms with Crippen LogP contribution in [0.3, 0.4) is 0 Å². The molecule has 2 heterocycles. The van der Waals surface area contributed by atoms with E-state index in [1.807, 2.05) is 11.3 Å². The lowest BCUT2D eigenvalue weighted by atomic mass is 9.99. The van der Waals surface area contributed by atoms with Crippen LogP contribution >= 0.6 is 11.3 Å². The number of fused-ring (bicyclic) bond motifs is 6. The van der Waals surface area contributed by atoms with Gasteiger partial charge in [0.05, 0.1) is 11.0 Å². The van der Waals surface area contributed by atoms with Crippen molar-refractivity contribution in [2.45, 2.75) is 0 Å². The summed E-state index contributed by atoms with van der Waals surface area (Å²) < 4.78 is 5.08. The summed E-state index contributed by atoms with van der Waals surface area (Å²) in [6.07, 6.45) is 0. The highest BCUT2D eigenvalue weighted by molar-refractivity contribution is 7.25. The van der Waals surface area contributed by atoms with Crippen LogP contribution in [0, 0.1) is 0 Å². The maximum Gasteiger partial charge on any atom is 0.0547 e. The molecule has 0 bridgehead atoms. The second-order valence-electron chi connectivity index (χ2n) is 11.4. The predicted octanol–water partition coefficient (Wildman–Crippen LogP) is 12.2. The first kappa shape index (κ1) is 25.1. The van der Waals surface area contributed by atoms with Crippen molar-refractivity contribution in [3.05, 3.63) is 164 Å². The molecule has 9 rings (SSSR count). The van der Waals surface area contributed by atoms with Crippen molar-refractivity contribution in [1.29, 1.82) is 0 Å². The lowest BCUT2D eigenvalue weighted by molar-refractivity contribution is 1.18. The number of nitrogens with zero attached hydrogens (tertiary/aromatic N) is 1. The van der Waals surface area contributed by atoms with Gasteiger partial charge in [0, 0.05) is 36.6 Å². The van der Waals surface area contributed by atoms with Crippen LogP contribution in [0.5, 0.6) is 0 Å². The Kier molecular flexibility index (Phi) is 5.75. The van der Waals surface area contributed by atoms with Gasteiger partial charge in [-0.1, -0.05) is 127 Å². The standard InChI is InChI=1S/C42H27NS/c1-2-8-28(9-3-1)32-20-24-36-35-10-4-6-12-39(35)43(40(36)26-32)34-22-18-30(19-23-34)29-14-16-31(17-15-29)33-21-25-38-37-11-5-7-13-41(37)44-42(38)27-33/h1-27H. The van der Waals surface area contributed by atoms with Crippen LogP contribution < -0.4 is 0 Å². The molecule has 1 nitrogen and oxygen atoms in total. The molecular weight excluding hydrogens is 551 g/mol. The molecule has 0 fully saturated rings. The number of thiophene rings is 1. The first-order chi connectivity index (χ1) is 21.8. The molecule has 0 aliphatic rings. The third-order valence-electron chi connectivity index (χ3n) is 8.84. The van der Waals surface area contributed by atoms with Gasteiger partial charge in [0.2, 0.25) is 0 Å². The van der Waals surface area contributed by atoms with Gasteiger partial charge in [0.25, 0.3) is 0 Å². The molecule has 0 saturated heterocycles. The minimum Gasteiger partial charge on any atom is -0.309 e. The lowest BCUT2D eigenvalue weighted by Crippen LogP contribution is -1.94. The van der Waals surface area contributed by atoms with Crippen molar-refractivity contribution in [2.24, 2.45) is 0 Å². The Morgan fingerprint density at radius 1 is 0.318 bits per heavy atom. The quantitative estimate of drug-likeness (QED) is 0.196. The molecule has 0 unspecified atom stereocenters. The van der Waals surface area contributed by atoms with E-state index in [1.54, 1.807) is 0 Å². The minimum atomic E-state index is 1.17. The van der Waals surface area contributed by atoms with Crippen molar-refractivity contribution >= 4 is 53.3 Å². The van der Waals surface area contributed by atoms with Crippen LogP contribution in [0.25, 0.3) is 81.0 Å². The summed E-state index contributed by atoms with van der Waals surface area (Å²) in [6, 6.07) is 59.7. The van der Waals surface area contributed by atoms with Crippen LogP contribution in [0.15, 0.2) is 164 Å². The number of hydrogen-bond donors (Lipinski definition) is 0. The molecule has 0 amide bonds.